The molecule has 0 saturated heterocycles. The standard InChI is InChI=1S/C21H28N2O4S/c1-16(2)17(3)22-21(24)15-23(14-18-8-6-5-7-9-18)28(25,26)20-12-10-19(27-4)11-13-20/h5-13,16-17H,14-15H2,1-4H3,(H,22,24). The molecule has 1 amide bonds. The summed E-state index contributed by atoms with van der Waals surface area (Å²) >= 11 is 0. The van der Waals surface area contributed by atoms with Crippen molar-refractivity contribution in [3.63, 3.8) is 0 Å². The van der Waals surface area contributed by atoms with Gasteiger partial charge in [0.2, 0.25) is 15.9 Å². The van der Waals surface area contributed by atoms with Gasteiger partial charge in [0, 0.05) is 12.6 Å². The van der Waals surface area contributed by atoms with Gasteiger partial charge in [-0.15, -0.1) is 0 Å². The Labute approximate surface area is 167 Å². The minimum Gasteiger partial charge on any atom is -0.497 e. The summed E-state index contributed by atoms with van der Waals surface area (Å²) in [5.41, 5.74) is 0.810. The average molecular weight is 405 g/mol. The topological polar surface area (TPSA) is 75.7 Å². The number of nitrogens with one attached hydrogen (secondary N) is 1. The quantitative estimate of drug-likeness (QED) is 0.697. The van der Waals surface area contributed by atoms with Crippen LogP contribution in [0.4, 0.5) is 0 Å². The molecule has 0 saturated carbocycles. The molecular formula is C21H28N2O4S. The predicted molar refractivity (Wildman–Crippen MR) is 109 cm³/mol. The van der Waals surface area contributed by atoms with Gasteiger partial charge in [-0.2, -0.15) is 4.31 Å². The van der Waals surface area contributed by atoms with Gasteiger partial charge >= 0.3 is 0 Å². The van der Waals surface area contributed by atoms with E-state index in [1.807, 2.05) is 51.1 Å². The second-order valence-corrected chi connectivity index (χ2v) is 8.97. The number of hydrogen-bond acceptors (Lipinski definition) is 4. The molecular weight excluding hydrogens is 376 g/mol. The first-order valence-electron chi connectivity index (χ1n) is 9.21. The number of carbonyl (C=O) groups excluding carboxylic acids is 1. The van der Waals surface area contributed by atoms with E-state index in [-0.39, 0.29) is 35.9 Å². The van der Waals surface area contributed by atoms with Crippen LogP contribution in [0.15, 0.2) is 59.5 Å². The molecule has 1 unspecified atom stereocenters. The van der Waals surface area contributed by atoms with Crippen molar-refractivity contribution in [1.82, 2.24) is 9.62 Å². The summed E-state index contributed by atoms with van der Waals surface area (Å²) in [4.78, 5) is 12.6. The molecule has 28 heavy (non-hydrogen) atoms. The molecule has 2 rings (SSSR count). The van der Waals surface area contributed by atoms with Gasteiger partial charge in [0.05, 0.1) is 18.6 Å². The molecule has 0 aromatic heterocycles. The van der Waals surface area contributed by atoms with Gasteiger partial charge < -0.3 is 10.1 Å². The molecule has 7 heteroatoms. The van der Waals surface area contributed by atoms with Gasteiger partial charge in [0.15, 0.2) is 0 Å². The zero-order chi connectivity index (χ0) is 20.7. The Morgan fingerprint density at radius 1 is 1.04 bits per heavy atom. The van der Waals surface area contributed by atoms with Crippen molar-refractivity contribution in [2.24, 2.45) is 5.92 Å². The average Bonchev–Trinajstić information content (AvgIpc) is 2.68. The van der Waals surface area contributed by atoms with Crippen molar-refractivity contribution < 1.29 is 17.9 Å². The number of rotatable bonds is 9. The molecule has 6 nitrogen and oxygen atoms in total. The number of hydrogen-bond donors (Lipinski definition) is 1. The van der Waals surface area contributed by atoms with Crippen molar-refractivity contribution in [2.75, 3.05) is 13.7 Å². The fraction of sp³-hybridized carbons (Fsp3) is 0.381. The molecule has 0 aliphatic carbocycles. The number of benzene rings is 2. The van der Waals surface area contributed by atoms with Gasteiger partial charge in [-0.3, -0.25) is 4.79 Å². The minimum absolute atomic E-state index is 0.0465. The van der Waals surface area contributed by atoms with Crippen LogP contribution in [0.1, 0.15) is 26.3 Å². The van der Waals surface area contributed by atoms with Crippen LogP contribution in [0.2, 0.25) is 0 Å². The van der Waals surface area contributed by atoms with Crippen LogP contribution in [-0.4, -0.2) is 38.3 Å². The van der Waals surface area contributed by atoms with Crippen molar-refractivity contribution in [3.05, 3.63) is 60.2 Å². The fourth-order valence-electron chi connectivity index (χ4n) is 2.54. The van der Waals surface area contributed by atoms with E-state index >= 15 is 0 Å². The van der Waals surface area contributed by atoms with Crippen LogP contribution >= 0.6 is 0 Å². The zero-order valence-corrected chi connectivity index (χ0v) is 17.6. The monoisotopic (exact) mass is 404 g/mol. The summed E-state index contributed by atoms with van der Waals surface area (Å²) in [5, 5.41) is 2.87. The summed E-state index contributed by atoms with van der Waals surface area (Å²) in [7, 11) is -2.34. The zero-order valence-electron chi connectivity index (χ0n) is 16.8. The summed E-state index contributed by atoms with van der Waals surface area (Å²) < 4.78 is 32.7. The second-order valence-electron chi connectivity index (χ2n) is 7.03. The number of ether oxygens (including phenoxy) is 1. The van der Waals surface area contributed by atoms with Crippen molar-refractivity contribution >= 4 is 15.9 Å². The Morgan fingerprint density at radius 3 is 2.18 bits per heavy atom. The highest BCUT2D eigenvalue weighted by Crippen LogP contribution is 2.21. The number of methoxy groups -OCH3 is 1. The third-order valence-electron chi connectivity index (χ3n) is 4.61. The first kappa shape index (κ1) is 21.9. The van der Waals surface area contributed by atoms with Crippen LogP contribution in [0, 0.1) is 5.92 Å². The summed E-state index contributed by atoms with van der Waals surface area (Å²) in [6.07, 6.45) is 0. The van der Waals surface area contributed by atoms with Crippen molar-refractivity contribution in [1.29, 1.82) is 0 Å². The van der Waals surface area contributed by atoms with E-state index in [2.05, 4.69) is 5.32 Å². The highest BCUT2D eigenvalue weighted by Gasteiger charge is 2.27. The van der Waals surface area contributed by atoms with Crippen LogP contribution in [0.3, 0.4) is 0 Å². The van der Waals surface area contributed by atoms with Gasteiger partial charge in [0.25, 0.3) is 0 Å². The van der Waals surface area contributed by atoms with E-state index < -0.39 is 10.0 Å². The molecule has 0 radical (unpaired) electrons. The molecule has 2 aromatic carbocycles. The normalized spacial score (nSPS) is 12.8. The van der Waals surface area contributed by atoms with Gasteiger partial charge in [-0.05, 0) is 42.7 Å². The number of nitrogens with zero attached hydrogens (tertiary/aromatic N) is 1. The molecule has 0 heterocycles. The van der Waals surface area contributed by atoms with Crippen LogP contribution in [0.5, 0.6) is 5.75 Å². The predicted octanol–water partition coefficient (Wildman–Crippen LogP) is 3.05. The lowest BCUT2D eigenvalue weighted by Gasteiger charge is -2.24. The molecule has 2 aromatic rings. The molecule has 152 valence electrons. The van der Waals surface area contributed by atoms with Gasteiger partial charge in [-0.25, -0.2) is 8.42 Å². The van der Waals surface area contributed by atoms with Crippen LogP contribution in [-0.2, 0) is 21.4 Å². The first-order chi connectivity index (χ1) is 13.2. The maximum atomic E-state index is 13.2. The van der Waals surface area contributed by atoms with E-state index in [1.54, 1.807) is 12.1 Å². The Bertz CT molecular complexity index is 865. The van der Waals surface area contributed by atoms with Gasteiger partial charge in [-0.1, -0.05) is 44.2 Å². The molecule has 1 atom stereocenters. The maximum Gasteiger partial charge on any atom is 0.243 e. The summed E-state index contributed by atoms with van der Waals surface area (Å²) in [6.45, 7) is 5.77. The minimum atomic E-state index is -3.86. The van der Waals surface area contributed by atoms with E-state index in [1.165, 1.54) is 23.5 Å². The smallest absolute Gasteiger partial charge is 0.243 e. The highest BCUT2D eigenvalue weighted by molar-refractivity contribution is 7.89. The third-order valence-corrected chi connectivity index (χ3v) is 6.41. The Morgan fingerprint density at radius 2 is 1.64 bits per heavy atom. The maximum absolute atomic E-state index is 13.2. The molecule has 0 bridgehead atoms. The molecule has 1 N–H and O–H groups in total. The Balaban J connectivity index is 2.29. The second kappa shape index (κ2) is 9.71. The van der Waals surface area contributed by atoms with Crippen LogP contribution < -0.4 is 10.1 Å². The summed E-state index contributed by atoms with van der Waals surface area (Å²) in [5.74, 6) is 0.496. The van der Waals surface area contributed by atoms with E-state index in [0.717, 1.165) is 5.56 Å². The Hall–Kier alpha value is -2.38. The van der Waals surface area contributed by atoms with Crippen LogP contribution in [0.25, 0.3) is 0 Å². The van der Waals surface area contributed by atoms with Gasteiger partial charge in [0.1, 0.15) is 5.75 Å². The molecule has 0 aliphatic rings. The lowest BCUT2D eigenvalue weighted by Crippen LogP contribution is -2.44. The fourth-order valence-corrected chi connectivity index (χ4v) is 3.92. The number of carbonyl (C=O) groups is 1. The largest absolute Gasteiger partial charge is 0.497 e. The first-order valence-corrected chi connectivity index (χ1v) is 10.7. The van der Waals surface area contributed by atoms with E-state index in [9.17, 15) is 13.2 Å². The van der Waals surface area contributed by atoms with Crippen molar-refractivity contribution in [3.8, 4) is 5.75 Å². The van der Waals surface area contributed by atoms with E-state index in [4.69, 9.17) is 4.74 Å². The Kier molecular flexibility index (Phi) is 7.60. The molecule has 0 aliphatic heterocycles. The molecule has 0 fully saturated rings. The number of amides is 1. The summed E-state index contributed by atoms with van der Waals surface area (Å²) in [6, 6.07) is 15.3. The SMILES string of the molecule is COc1ccc(S(=O)(=O)N(CC(=O)NC(C)C(C)C)Cc2ccccc2)cc1. The van der Waals surface area contributed by atoms with E-state index in [0.29, 0.717) is 5.75 Å². The highest BCUT2D eigenvalue weighted by atomic mass is 32.2. The van der Waals surface area contributed by atoms with Crippen molar-refractivity contribution in [2.45, 2.75) is 38.3 Å². The molecule has 0 spiro atoms. The lowest BCUT2D eigenvalue weighted by molar-refractivity contribution is -0.122. The third kappa shape index (κ3) is 5.81. The lowest BCUT2D eigenvalue weighted by atomic mass is 10.1. The number of sulfonamides is 1.